The molecule has 0 saturated carbocycles. The average molecular weight is 414 g/mol. The Balaban J connectivity index is 1.37. The van der Waals surface area contributed by atoms with Gasteiger partial charge in [-0.1, -0.05) is 6.07 Å². The number of anilines is 3. The number of halogens is 1. The number of amides is 2. The molecule has 9 heteroatoms. The summed E-state index contributed by atoms with van der Waals surface area (Å²) in [5.41, 5.74) is 1.93. The summed E-state index contributed by atoms with van der Waals surface area (Å²) >= 11 is 0. The van der Waals surface area contributed by atoms with Crippen LogP contribution < -0.4 is 15.1 Å². The highest BCUT2D eigenvalue weighted by molar-refractivity contribution is 5.89. The van der Waals surface area contributed by atoms with Crippen molar-refractivity contribution in [2.75, 3.05) is 67.6 Å². The van der Waals surface area contributed by atoms with Crippen molar-refractivity contribution < 1.29 is 13.9 Å². The number of hydrogen-bond acceptors (Lipinski definition) is 6. The van der Waals surface area contributed by atoms with Gasteiger partial charge in [0, 0.05) is 56.7 Å². The van der Waals surface area contributed by atoms with Crippen LogP contribution in [0.25, 0.3) is 0 Å². The van der Waals surface area contributed by atoms with Crippen molar-refractivity contribution in [1.29, 1.82) is 0 Å². The number of nitrogens with zero attached hydrogens (tertiary/aromatic N) is 5. The van der Waals surface area contributed by atoms with E-state index in [0.717, 1.165) is 24.6 Å². The lowest BCUT2D eigenvalue weighted by molar-refractivity contribution is 0.122. The fourth-order valence-corrected chi connectivity index (χ4v) is 3.62. The fraction of sp³-hybridized carbons (Fsp3) is 0.476. The summed E-state index contributed by atoms with van der Waals surface area (Å²) in [6.07, 6.45) is 0. The predicted molar refractivity (Wildman–Crippen MR) is 114 cm³/mol. The molecular weight excluding hydrogens is 387 g/mol. The monoisotopic (exact) mass is 414 g/mol. The zero-order valence-corrected chi connectivity index (χ0v) is 17.4. The van der Waals surface area contributed by atoms with Gasteiger partial charge >= 0.3 is 6.03 Å². The molecule has 2 fully saturated rings. The quantitative estimate of drug-likeness (QED) is 0.832. The zero-order valence-electron chi connectivity index (χ0n) is 17.4. The van der Waals surface area contributed by atoms with E-state index >= 15 is 0 Å². The molecule has 0 radical (unpaired) electrons. The van der Waals surface area contributed by atoms with Gasteiger partial charge in [0.2, 0.25) is 5.95 Å². The number of hydrogen-bond donors (Lipinski definition) is 1. The lowest BCUT2D eigenvalue weighted by Gasteiger charge is -2.35. The Kier molecular flexibility index (Phi) is 5.98. The molecule has 0 bridgehead atoms. The molecule has 2 aliphatic rings. The number of ether oxygens (including phenoxy) is 1. The normalized spacial score (nSPS) is 17.2. The lowest BCUT2D eigenvalue weighted by atomic mass is 10.2. The molecule has 3 heterocycles. The maximum Gasteiger partial charge on any atom is 0.321 e. The molecule has 0 unspecified atom stereocenters. The van der Waals surface area contributed by atoms with E-state index in [1.807, 2.05) is 13.0 Å². The van der Waals surface area contributed by atoms with Gasteiger partial charge in [0.1, 0.15) is 11.6 Å². The summed E-state index contributed by atoms with van der Waals surface area (Å²) in [5.74, 6) is 1.28. The topological polar surface area (TPSA) is 73.8 Å². The van der Waals surface area contributed by atoms with E-state index in [9.17, 15) is 9.18 Å². The predicted octanol–water partition coefficient (Wildman–Crippen LogP) is 2.42. The molecule has 0 spiro atoms. The summed E-state index contributed by atoms with van der Waals surface area (Å²) in [5, 5.41) is 2.77. The summed E-state index contributed by atoms with van der Waals surface area (Å²) in [7, 11) is 0. The Morgan fingerprint density at radius 2 is 1.73 bits per heavy atom. The standard InChI is InChI=1S/C21H27FN6O2/c1-15-3-4-17(14-18(15)22)24-21(29)28-7-5-27(6-8-28)20-23-16(2)13-19(25-20)26-9-11-30-12-10-26/h3-4,13-14H,5-12H2,1-2H3,(H,24,29). The van der Waals surface area contributed by atoms with Crippen molar-refractivity contribution in [3.05, 3.63) is 41.3 Å². The second-order valence-corrected chi connectivity index (χ2v) is 7.64. The van der Waals surface area contributed by atoms with Crippen molar-refractivity contribution in [2.45, 2.75) is 13.8 Å². The van der Waals surface area contributed by atoms with E-state index in [4.69, 9.17) is 9.72 Å². The van der Waals surface area contributed by atoms with Crippen LogP contribution in [0.5, 0.6) is 0 Å². The number of rotatable bonds is 3. The Labute approximate surface area is 175 Å². The van der Waals surface area contributed by atoms with Gasteiger partial charge in [0.05, 0.1) is 13.2 Å². The number of carbonyl (C=O) groups excluding carboxylic acids is 1. The minimum atomic E-state index is -0.328. The van der Waals surface area contributed by atoms with Gasteiger partial charge in [0.25, 0.3) is 0 Å². The maximum atomic E-state index is 13.7. The molecule has 8 nitrogen and oxygen atoms in total. The first kappa shape index (κ1) is 20.3. The van der Waals surface area contributed by atoms with Crippen LogP contribution in [-0.4, -0.2) is 73.4 Å². The summed E-state index contributed by atoms with van der Waals surface area (Å²) < 4.78 is 19.1. The van der Waals surface area contributed by atoms with Crippen LogP contribution >= 0.6 is 0 Å². The van der Waals surface area contributed by atoms with Gasteiger partial charge in [-0.15, -0.1) is 0 Å². The van der Waals surface area contributed by atoms with Crippen LogP contribution in [0.3, 0.4) is 0 Å². The van der Waals surface area contributed by atoms with Gasteiger partial charge in [-0.05, 0) is 31.5 Å². The molecule has 30 heavy (non-hydrogen) atoms. The molecule has 2 saturated heterocycles. The Morgan fingerprint density at radius 1 is 1.00 bits per heavy atom. The van der Waals surface area contributed by atoms with Crippen LogP contribution in [0.4, 0.5) is 26.6 Å². The van der Waals surface area contributed by atoms with E-state index in [1.54, 1.807) is 24.0 Å². The summed E-state index contributed by atoms with van der Waals surface area (Å²) in [6, 6.07) is 6.48. The number of piperazine rings is 1. The van der Waals surface area contributed by atoms with E-state index in [1.165, 1.54) is 6.07 Å². The first-order valence-electron chi connectivity index (χ1n) is 10.2. The van der Waals surface area contributed by atoms with Crippen molar-refractivity contribution >= 4 is 23.5 Å². The first-order valence-corrected chi connectivity index (χ1v) is 10.2. The molecule has 4 rings (SSSR count). The largest absolute Gasteiger partial charge is 0.378 e. The Morgan fingerprint density at radius 3 is 2.43 bits per heavy atom. The van der Waals surface area contributed by atoms with E-state index in [-0.39, 0.29) is 11.8 Å². The number of aryl methyl sites for hydroxylation is 2. The minimum absolute atomic E-state index is 0.225. The van der Waals surface area contributed by atoms with Gasteiger partial charge in [-0.2, -0.15) is 4.98 Å². The fourth-order valence-electron chi connectivity index (χ4n) is 3.62. The first-order chi connectivity index (χ1) is 14.5. The molecule has 1 aromatic heterocycles. The van der Waals surface area contributed by atoms with E-state index in [2.05, 4.69) is 20.1 Å². The molecular formula is C21H27FN6O2. The third-order valence-electron chi connectivity index (χ3n) is 5.44. The van der Waals surface area contributed by atoms with E-state index < -0.39 is 0 Å². The third-order valence-corrected chi connectivity index (χ3v) is 5.44. The molecule has 0 atom stereocenters. The summed E-state index contributed by atoms with van der Waals surface area (Å²) in [4.78, 5) is 28.0. The number of aromatic nitrogens is 2. The van der Waals surface area contributed by atoms with Gasteiger partial charge in [-0.25, -0.2) is 14.2 Å². The maximum absolute atomic E-state index is 13.7. The highest BCUT2D eigenvalue weighted by Gasteiger charge is 2.24. The molecule has 2 aromatic rings. The van der Waals surface area contributed by atoms with Crippen LogP contribution in [0.2, 0.25) is 0 Å². The van der Waals surface area contributed by atoms with Gasteiger partial charge in [0.15, 0.2) is 0 Å². The number of urea groups is 1. The second-order valence-electron chi connectivity index (χ2n) is 7.64. The minimum Gasteiger partial charge on any atom is -0.378 e. The number of carbonyl (C=O) groups is 1. The molecule has 1 N–H and O–H groups in total. The van der Waals surface area contributed by atoms with Crippen molar-refractivity contribution in [3.63, 3.8) is 0 Å². The Hall–Kier alpha value is -2.94. The van der Waals surface area contributed by atoms with Crippen molar-refractivity contribution in [2.24, 2.45) is 0 Å². The zero-order chi connectivity index (χ0) is 21.1. The van der Waals surface area contributed by atoms with Crippen LogP contribution in [0.1, 0.15) is 11.3 Å². The third kappa shape index (κ3) is 4.62. The molecule has 0 aliphatic carbocycles. The second kappa shape index (κ2) is 8.83. The molecule has 1 aromatic carbocycles. The lowest BCUT2D eigenvalue weighted by Crippen LogP contribution is -2.50. The highest BCUT2D eigenvalue weighted by Crippen LogP contribution is 2.20. The van der Waals surface area contributed by atoms with Gasteiger partial charge < -0.3 is 24.8 Å². The Bertz CT molecular complexity index is 910. The summed E-state index contributed by atoms with van der Waals surface area (Å²) in [6.45, 7) is 9.09. The van der Waals surface area contributed by atoms with Gasteiger partial charge in [-0.3, -0.25) is 0 Å². The molecule has 2 amide bonds. The van der Waals surface area contributed by atoms with E-state index in [0.29, 0.717) is 56.6 Å². The number of morpholine rings is 1. The van der Waals surface area contributed by atoms with Crippen molar-refractivity contribution in [3.8, 4) is 0 Å². The SMILES string of the molecule is Cc1cc(N2CCOCC2)nc(N2CCN(C(=O)Nc3ccc(C)c(F)c3)CC2)n1. The molecule has 2 aliphatic heterocycles. The smallest absolute Gasteiger partial charge is 0.321 e. The van der Waals surface area contributed by atoms with Crippen molar-refractivity contribution in [1.82, 2.24) is 14.9 Å². The number of benzene rings is 1. The van der Waals surface area contributed by atoms with Crippen LogP contribution in [0.15, 0.2) is 24.3 Å². The van der Waals surface area contributed by atoms with Crippen LogP contribution in [-0.2, 0) is 4.74 Å². The molecule has 160 valence electrons. The average Bonchev–Trinajstić information content (AvgIpc) is 2.76. The number of nitrogens with one attached hydrogen (secondary N) is 1. The van der Waals surface area contributed by atoms with Crippen LogP contribution in [0, 0.1) is 19.7 Å². The highest BCUT2D eigenvalue weighted by atomic mass is 19.1.